The van der Waals surface area contributed by atoms with E-state index in [1.807, 2.05) is 43.4 Å². The predicted octanol–water partition coefficient (Wildman–Crippen LogP) is 4.59. The zero-order chi connectivity index (χ0) is 17.5. The first-order valence-electron chi connectivity index (χ1n) is 8.68. The maximum atomic E-state index is 5.38. The summed E-state index contributed by atoms with van der Waals surface area (Å²) < 4.78 is 5.38. The van der Waals surface area contributed by atoms with Gasteiger partial charge in [0.15, 0.2) is 0 Å². The Labute approximate surface area is 148 Å². The zero-order valence-electron chi connectivity index (χ0n) is 14.8. The van der Waals surface area contributed by atoms with Crippen molar-refractivity contribution in [1.82, 2.24) is 9.97 Å². The van der Waals surface area contributed by atoms with Crippen molar-refractivity contribution < 1.29 is 4.42 Å². The highest BCUT2D eigenvalue weighted by Crippen LogP contribution is 2.23. The first-order chi connectivity index (χ1) is 12.3. The van der Waals surface area contributed by atoms with E-state index in [1.54, 1.807) is 6.26 Å². The van der Waals surface area contributed by atoms with Crippen molar-refractivity contribution in [3.8, 4) is 11.3 Å². The Hall–Kier alpha value is -2.82. The quantitative estimate of drug-likeness (QED) is 0.652. The predicted molar refractivity (Wildman–Crippen MR) is 102 cm³/mol. The third kappa shape index (κ3) is 4.59. The summed E-state index contributed by atoms with van der Waals surface area (Å²) in [7, 11) is 2.04. The molecule has 2 heterocycles. The van der Waals surface area contributed by atoms with Crippen LogP contribution in [0, 0.1) is 0 Å². The molecule has 2 aromatic heterocycles. The van der Waals surface area contributed by atoms with Gasteiger partial charge >= 0.3 is 0 Å². The standard InChI is InChI=1S/C20H24N4O/c1-3-4-12-24(2)20-22-18(16-9-6-5-7-10-16)14-19(23-20)21-15-17-11-8-13-25-17/h5-11,13-14H,3-4,12,15H2,1-2H3,(H,21,22,23). The van der Waals surface area contributed by atoms with Gasteiger partial charge in [0, 0.05) is 25.2 Å². The number of hydrogen-bond donors (Lipinski definition) is 1. The second-order valence-corrected chi connectivity index (χ2v) is 6.01. The first-order valence-corrected chi connectivity index (χ1v) is 8.68. The van der Waals surface area contributed by atoms with E-state index in [0.717, 1.165) is 48.2 Å². The zero-order valence-corrected chi connectivity index (χ0v) is 14.8. The van der Waals surface area contributed by atoms with E-state index in [2.05, 4.69) is 34.3 Å². The van der Waals surface area contributed by atoms with E-state index >= 15 is 0 Å². The summed E-state index contributed by atoms with van der Waals surface area (Å²) in [4.78, 5) is 11.5. The Kier molecular flexibility index (Phi) is 5.67. The summed E-state index contributed by atoms with van der Waals surface area (Å²) in [5.41, 5.74) is 1.99. The van der Waals surface area contributed by atoms with Gasteiger partial charge in [-0.15, -0.1) is 0 Å². The lowest BCUT2D eigenvalue weighted by atomic mass is 10.1. The van der Waals surface area contributed by atoms with Crippen molar-refractivity contribution in [2.45, 2.75) is 26.3 Å². The van der Waals surface area contributed by atoms with Crippen LogP contribution in [-0.4, -0.2) is 23.6 Å². The Bertz CT molecular complexity index is 772. The molecule has 5 nitrogen and oxygen atoms in total. The van der Waals surface area contributed by atoms with Gasteiger partial charge in [0.25, 0.3) is 0 Å². The molecule has 25 heavy (non-hydrogen) atoms. The molecule has 130 valence electrons. The van der Waals surface area contributed by atoms with Gasteiger partial charge in [-0.05, 0) is 18.6 Å². The summed E-state index contributed by atoms with van der Waals surface area (Å²) in [5, 5.41) is 3.34. The first kappa shape index (κ1) is 17.0. The van der Waals surface area contributed by atoms with Crippen LogP contribution in [0.25, 0.3) is 11.3 Å². The van der Waals surface area contributed by atoms with E-state index in [9.17, 15) is 0 Å². The van der Waals surface area contributed by atoms with Gasteiger partial charge in [0.1, 0.15) is 11.6 Å². The maximum absolute atomic E-state index is 5.38. The third-order valence-electron chi connectivity index (χ3n) is 4.00. The molecule has 0 amide bonds. The van der Waals surface area contributed by atoms with Crippen LogP contribution in [0.4, 0.5) is 11.8 Å². The molecular weight excluding hydrogens is 312 g/mol. The number of nitrogens with one attached hydrogen (secondary N) is 1. The number of rotatable bonds is 8. The maximum Gasteiger partial charge on any atom is 0.227 e. The van der Waals surface area contributed by atoms with Gasteiger partial charge in [-0.25, -0.2) is 4.98 Å². The second-order valence-electron chi connectivity index (χ2n) is 6.01. The van der Waals surface area contributed by atoms with E-state index in [1.165, 1.54) is 0 Å². The number of hydrogen-bond acceptors (Lipinski definition) is 5. The van der Waals surface area contributed by atoms with Gasteiger partial charge in [0.05, 0.1) is 18.5 Å². The molecule has 3 aromatic rings. The van der Waals surface area contributed by atoms with Crippen molar-refractivity contribution in [1.29, 1.82) is 0 Å². The molecular formula is C20H24N4O. The van der Waals surface area contributed by atoms with Crippen LogP contribution in [0.15, 0.2) is 59.2 Å². The molecule has 0 unspecified atom stereocenters. The lowest BCUT2D eigenvalue weighted by molar-refractivity contribution is 0.518. The Morgan fingerprint density at radius 1 is 1.08 bits per heavy atom. The molecule has 0 radical (unpaired) electrons. The fourth-order valence-electron chi connectivity index (χ4n) is 2.54. The van der Waals surface area contributed by atoms with Crippen LogP contribution in [0.2, 0.25) is 0 Å². The van der Waals surface area contributed by atoms with E-state index in [0.29, 0.717) is 6.54 Å². The minimum Gasteiger partial charge on any atom is -0.467 e. The Morgan fingerprint density at radius 2 is 1.92 bits per heavy atom. The number of unbranched alkanes of at least 4 members (excludes halogenated alkanes) is 1. The molecule has 0 fully saturated rings. The minimum absolute atomic E-state index is 0.594. The number of benzene rings is 1. The molecule has 0 saturated carbocycles. The fourth-order valence-corrected chi connectivity index (χ4v) is 2.54. The molecule has 1 aromatic carbocycles. The monoisotopic (exact) mass is 336 g/mol. The van der Waals surface area contributed by atoms with E-state index in [4.69, 9.17) is 9.40 Å². The van der Waals surface area contributed by atoms with Gasteiger partial charge in [0.2, 0.25) is 5.95 Å². The summed E-state index contributed by atoms with van der Waals surface area (Å²) in [6.07, 6.45) is 3.94. The molecule has 0 spiro atoms. The van der Waals surface area contributed by atoms with Crippen molar-refractivity contribution >= 4 is 11.8 Å². The average molecular weight is 336 g/mol. The van der Waals surface area contributed by atoms with Crippen molar-refractivity contribution in [3.63, 3.8) is 0 Å². The number of aromatic nitrogens is 2. The van der Waals surface area contributed by atoms with Crippen LogP contribution in [-0.2, 0) is 6.54 Å². The molecule has 3 rings (SSSR count). The highest BCUT2D eigenvalue weighted by atomic mass is 16.3. The van der Waals surface area contributed by atoms with Crippen molar-refractivity contribution in [2.24, 2.45) is 0 Å². The highest BCUT2D eigenvalue weighted by molar-refractivity contribution is 5.64. The van der Waals surface area contributed by atoms with Crippen molar-refractivity contribution in [2.75, 3.05) is 23.8 Å². The smallest absolute Gasteiger partial charge is 0.227 e. The normalized spacial score (nSPS) is 10.6. The van der Waals surface area contributed by atoms with Crippen LogP contribution in [0.3, 0.4) is 0 Å². The third-order valence-corrected chi connectivity index (χ3v) is 4.00. The Balaban J connectivity index is 1.87. The lowest BCUT2D eigenvalue weighted by Crippen LogP contribution is -2.21. The number of anilines is 2. The topological polar surface area (TPSA) is 54.2 Å². The molecule has 0 bridgehead atoms. The summed E-state index contributed by atoms with van der Waals surface area (Å²) in [6.45, 7) is 3.72. The van der Waals surface area contributed by atoms with Crippen LogP contribution in [0.5, 0.6) is 0 Å². The molecule has 0 atom stereocenters. The largest absolute Gasteiger partial charge is 0.467 e. The SMILES string of the molecule is CCCCN(C)c1nc(NCc2ccco2)cc(-c2ccccc2)n1. The second kappa shape index (κ2) is 8.33. The summed E-state index contributed by atoms with van der Waals surface area (Å²) in [6, 6.07) is 16.0. The Morgan fingerprint density at radius 3 is 2.64 bits per heavy atom. The van der Waals surface area contributed by atoms with Crippen LogP contribution in [0.1, 0.15) is 25.5 Å². The van der Waals surface area contributed by atoms with E-state index < -0.39 is 0 Å². The van der Waals surface area contributed by atoms with E-state index in [-0.39, 0.29) is 0 Å². The summed E-state index contributed by atoms with van der Waals surface area (Å²) in [5.74, 6) is 2.40. The molecule has 5 heteroatoms. The molecule has 0 aliphatic rings. The lowest BCUT2D eigenvalue weighted by Gasteiger charge is -2.18. The van der Waals surface area contributed by atoms with Gasteiger partial charge in [-0.2, -0.15) is 4.98 Å². The molecule has 0 aliphatic carbocycles. The van der Waals surface area contributed by atoms with Gasteiger partial charge < -0.3 is 14.6 Å². The summed E-state index contributed by atoms with van der Waals surface area (Å²) >= 11 is 0. The minimum atomic E-state index is 0.594. The number of furan rings is 1. The number of nitrogens with zero attached hydrogens (tertiary/aromatic N) is 3. The van der Waals surface area contributed by atoms with Crippen LogP contribution >= 0.6 is 0 Å². The fraction of sp³-hybridized carbons (Fsp3) is 0.300. The molecule has 0 saturated heterocycles. The highest BCUT2D eigenvalue weighted by Gasteiger charge is 2.10. The molecule has 0 aliphatic heterocycles. The van der Waals surface area contributed by atoms with Gasteiger partial charge in [-0.3, -0.25) is 0 Å². The van der Waals surface area contributed by atoms with Crippen LogP contribution < -0.4 is 10.2 Å². The van der Waals surface area contributed by atoms with Gasteiger partial charge in [-0.1, -0.05) is 43.7 Å². The van der Waals surface area contributed by atoms with Crippen molar-refractivity contribution in [3.05, 3.63) is 60.6 Å². The average Bonchev–Trinajstić information content (AvgIpc) is 3.18. The molecule has 1 N–H and O–H groups in total.